The number of ether oxygens (including phenoxy) is 1. The quantitative estimate of drug-likeness (QED) is 0.601. The fraction of sp³-hybridized carbons (Fsp3) is 0.273. The molecule has 0 saturated heterocycles. The Balaban J connectivity index is 2.98. The lowest BCUT2D eigenvalue weighted by Crippen LogP contribution is -2.10. The van der Waals surface area contributed by atoms with Crippen LogP contribution in [0.4, 0.5) is 5.69 Å². The van der Waals surface area contributed by atoms with Crippen molar-refractivity contribution in [1.29, 1.82) is 0 Å². The van der Waals surface area contributed by atoms with E-state index in [2.05, 4.69) is 10.1 Å². The summed E-state index contributed by atoms with van der Waals surface area (Å²) in [6, 6.07) is 4.21. The molecule has 86 valence electrons. The minimum Gasteiger partial charge on any atom is -0.507 e. The number of rotatable bonds is 3. The Kier molecular flexibility index (Phi) is 3.88. The molecule has 0 aliphatic rings. The van der Waals surface area contributed by atoms with Crippen LogP contribution < -0.4 is 5.32 Å². The Bertz CT molecular complexity index is 414. The van der Waals surface area contributed by atoms with Crippen molar-refractivity contribution >= 4 is 17.6 Å². The van der Waals surface area contributed by atoms with E-state index in [0.29, 0.717) is 12.1 Å². The van der Waals surface area contributed by atoms with E-state index in [-0.39, 0.29) is 17.2 Å². The van der Waals surface area contributed by atoms with Crippen LogP contribution in [-0.4, -0.2) is 24.1 Å². The van der Waals surface area contributed by atoms with E-state index in [1.165, 1.54) is 25.3 Å². The average molecular weight is 223 g/mol. The molecule has 0 spiro atoms. The predicted octanol–water partition coefficient (Wildman–Crippen LogP) is 1.53. The second-order valence-electron chi connectivity index (χ2n) is 3.13. The average Bonchev–Trinajstić information content (AvgIpc) is 2.30. The molecule has 1 aromatic rings. The van der Waals surface area contributed by atoms with Crippen LogP contribution in [0.2, 0.25) is 0 Å². The van der Waals surface area contributed by atoms with Gasteiger partial charge in [-0.1, -0.05) is 6.92 Å². The number of benzene rings is 1. The highest BCUT2D eigenvalue weighted by Crippen LogP contribution is 2.22. The third-order valence-corrected chi connectivity index (χ3v) is 2.01. The van der Waals surface area contributed by atoms with Gasteiger partial charge in [-0.3, -0.25) is 4.79 Å². The van der Waals surface area contributed by atoms with Gasteiger partial charge in [-0.05, 0) is 18.2 Å². The number of phenols is 1. The molecule has 0 bridgehead atoms. The number of amides is 1. The van der Waals surface area contributed by atoms with Crippen LogP contribution >= 0.6 is 0 Å². The Morgan fingerprint density at radius 3 is 2.69 bits per heavy atom. The van der Waals surface area contributed by atoms with Crippen molar-refractivity contribution in [2.45, 2.75) is 13.3 Å². The minimum atomic E-state index is -0.648. The number of anilines is 1. The van der Waals surface area contributed by atoms with E-state index in [9.17, 15) is 14.7 Å². The van der Waals surface area contributed by atoms with Gasteiger partial charge in [-0.2, -0.15) is 0 Å². The lowest BCUT2D eigenvalue weighted by molar-refractivity contribution is -0.115. The zero-order chi connectivity index (χ0) is 12.1. The predicted molar refractivity (Wildman–Crippen MR) is 58.4 cm³/mol. The van der Waals surface area contributed by atoms with Crippen molar-refractivity contribution in [2.24, 2.45) is 0 Å². The molecule has 16 heavy (non-hydrogen) atoms. The molecule has 0 heterocycles. The molecule has 0 radical (unpaired) electrons. The Morgan fingerprint density at radius 2 is 2.12 bits per heavy atom. The first kappa shape index (κ1) is 12.0. The standard InChI is InChI=1S/C11H13NO4/c1-3-10(14)12-7-4-5-9(13)8(6-7)11(15)16-2/h4-6,13H,3H2,1-2H3,(H,12,14). The van der Waals surface area contributed by atoms with Crippen LogP contribution in [0.15, 0.2) is 18.2 Å². The van der Waals surface area contributed by atoms with Crippen LogP contribution in [0, 0.1) is 0 Å². The fourth-order valence-corrected chi connectivity index (χ4v) is 1.14. The summed E-state index contributed by atoms with van der Waals surface area (Å²) in [5, 5.41) is 12.0. The summed E-state index contributed by atoms with van der Waals surface area (Å²) in [4.78, 5) is 22.4. The van der Waals surface area contributed by atoms with Crippen LogP contribution in [0.5, 0.6) is 5.75 Å². The Hall–Kier alpha value is -2.04. The summed E-state index contributed by atoms with van der Waals surface area (Å²) in [7, 11) is 1.22. The molecule has 0 aromatic heterocycles. The number of aromatic hydroxyl groups is 1. The molecule has 0 unspecified atom stereocenters. The molecular weight excluding hydrogens is 210 g/mol. The van der Waals surface area contributed by atoms with Crippen LogP contribution in [0.3, 0.4) is 0 Å². The number of carbonyl (C=O) groups is 2. The number of carbonyl (C=O) groups excluding carboxylic acids is 2. The maximum absolute atomic E-state index is 11.2. The highest BCUT2D eigenvalue weighted by atomic mass is 16.5. The highest BCUT2D eigenvalue weighted by molar-refractivity contribution is 5.96. The van der Waals surface area contributed by atoms with Gasteiger partial charge in [-0.25, -0.2) is 4.79 Å². The van der Waals surface area contributed by atoms with E-state index in [4.69, 9.17) is 0 Å². The molecule has 0 atom stereocenters. The van der Waals surface area contributed by atoms with Gasteiger partial charge in [0.1, 0.15) is 11.3 Å². The molecule has 5 heteroatoms. The number of nitrogens with one attached hydrogen (secondary N) is 1. The number of phenolic OH excluding ortho intramolecular Hbond substituents is 1. The lowest BCUT2D eigenvalue weighted by Gasteiger charge is -2.07. The van der Waals surface area contributed by atoms with Gasteiger partial charge in [0.15, 0.2) is 0 Å². The van der Waals surface area contributed by atoms with Gasteiger partial charge in [-0.15, -0.1) is 0 Å². The van der Waals surface area contributed by atoms with Gasteiger partial charge in [0, 0.05) is 12.1 Å². The molecule has 1 aromatic carbocycles. The van der Waals surface area contributed by atoms with Crippen LogP contribution in [0.25, 0.3) is 0 Å². The second-order valence-corrected chi connectivity index (χ2v) is 3.13. The zero-order valence-corrected chi connectivity index (χ0v) is 9.11. The number of hydrogen-bond donors (Lipinski definition) is 2. The van der Waals surface area contributed by atoms with Crippen molar-refractivity contribution in [3.8, 4) is 5.75 Å². The Morgan fingerprint density at radius 1 is 1.44 bits per heavy atom. The largest absolute Gasteiger partial charge is 0.507 e. The van der Waals surface area contributed by atoms with Gasteiger partial charge >= 0.3 is 5.97 Å². The van der Waals surface area contributed by atoms with E-state index in [1.54, 1.807) is 6.92 Å². The maximum atomic E-state index is 11.2. The van der Waals surface area contributed by atoms with Gasteiger partial charge in [0.25, 0.3) is 0 Å². The summed E-state index contributed by atoms with van der Waals surface area (Å²) < 4.78 is 4.49. The van der Waals surface area contributed by atoms with Crippen molar-refractivity contribution in [2.75, 3.05) is 12.4 Å². The molecule has 0 aliphatic carbocycles. The van der Waals surface area contributed by atoms with Crippen molar-refractivity contribution in [1.82, 2.24) is 0 Å². The summed E-state index contributed by atoms with van der Waals surface area (Å²) in [6.07, 6.45) is 0.342. The summed E-state index contributed by atoms with van der Waals surface area (Å²) in [6.45, 7) is 1.72. The van der Waals surface area contributed by atoms with Crippen LogP contribution in [-0.2, 0) is 9.53 Å². The van der Waals surface area contributed by atoms with Gasteiger partial charge in [0.05, 0.1) is 7.11 Å². The summed E-state index contributed by atoms with van der Waals surface area (Å²) in [5.74, 6) is -0.993. The number of esters is 1. The summed E-state index contributed by atoms with van der Waals surface area (Å²) in [5.41, 5.74) is 0.474. The first-order valence-corrected chi connectivity index (χ1v) is 4.79. The second kappa shape index (κ2) is 5.16. The van der Waals surface area contributed by atoms with Gasteiger partial charge < -0.3 is 15.2 Å². The third kappa shape index (κ3) is 2.73. The molecule has 2 N–H and O–H groups in total. The molecular formula is C11H13NO4. The van der Waals surface area contributed by atoms with E-state index in [0.717, 1.165) is 0 Å². The summed E-state index contributed by atoms with van der Waals surface area (Å²) >= 11 is 0. The smallest absolute Gasteiger partial charge is 0.341 e. The first-order valence-electron chi connectivity index (χ1n) is 4.79. The van der Waals surface area contributed by atoms with Crippen molar-refractivity contribution in [3.63, 3.8) is 0 Å². The topological polar surface area (TPSA) is 75.6 Å². The van der Waals surface area contributed by atoms with Crippen molar-refractivity contribution in [3.05, 3.63) is 23.8 Å². The molecule has 0 aliphatic heterocycles. The zero-order valence-electron chi connectivity index (χ0n) is 9.11. The Labute approximate surface area is 93.0 Å². The van der Waals surface area contributed by atoms with Gasteiger partial charge in [0.2, 0.25) is 5.91 Å². The van der Waals surface area contributed by atoms with Crippen molar-refractivity contribution < 1.29 is 19.4 Å². The molecule has 5 nitrogen and oxygen atoms in total. The van der Waals surface area contributed by atoms with E-state index < -0.39 is 5.97 Å². The lowest BCUT2D eigenvalue weighted by atomic mass is 10.1. The number of hydrogen-bond acceptors (Lipinski definition) is 4. The number of methoxy groups -OCH3 is 1. The molecule has 1 amide bonds. The van der Waals surface area contributed by atoms with E-state index >= 15 is 0 Å². The van der Waals surface area contributed by atoms with Crippen LogP contribution in [0.1, 0.15) is 23.7 Å². The maximum Gasteiger partial charge on any atom is 0.341 e. The first-order chi connectivity index (χ1) is 7.58. The normalized spacial score (nSPS) is 9.62. The SMILES string of the molecule is CCC(=O)Nc1ccc(O)c(C(=O)OC)c1. The molecule has 0 saturated carbocycles. The van der Waals surface area contributed by atoms with E-state index in [1.807, 2.05) is 0 Å². The third-order valence-electron chi connectivity index (χ3n) is 2.01. The highest BCUT2D eigenvalue weighted by Gasteiger charge is 2.12. The molecule has 1 rings (SSSR count). The fourth-order valence-electron chi connectivity index (χ4n) is 1.14. The molecule has 0 fully saturated rings. The monoisotopic (exact) mass is 223 g/mol. The minimum absolute atomic E-state index is 0.0244.